The van der Waals surface area contributed by atoms with Gasteiger partial charge in [0.15, 0.2) is 0 Å². The Morgan fingerprint density at radius 2 is 2.18 bits per heavy atom. The number of hydrogen-bond acceptors (Lipinski definition) is 3. The zero-order valence-corrected chi connectivity index (χ0v) is 10.9. The molecule has 1 aromatic rings. The smallest absolute Gasteiger partial charge is 0.257 e. The summed E-state index contributed by atoms with van der Waals surface area (Å²) in [6.45, 7) is 5.78. The van der Waals surface area contributed by atoms with Crippen molar-refractivity contribution in [2.24, 2.45) is 0 Å². The summed E-state index contributed by atoms with van der Waals surface area (Å²) < 4.78 is 0. The van der Waals surface area contributed by atoms with Crippen molar-refractivity contribution in [3.05, 3.63) is 24.0 Å². The van der Waals surface area contributed by atoms with E-state index in [1.54, 1.807) is 17.3 Å². The zero-order chi connectivity index (χ0) is 12.7. The first-order valence-corrected chi connectivity index (χ1v) is 6.14. The number of aromatic nitrogens is 1. The zero-order valence-electron chi connectivity index (χ0n) is 10.9. The van der Waals surface area contributed by atoms with Gasteiger partial charge in [0.25, 0.3) is 5.91 Å². The molecule has 0 saturated carbocycles. The van der Waals surface area contributed by atoms with Crippen molar-refractivity contribution in [1.82, 2.24) is 9.88 Å². The molecule has 1 rings (SSSR count). The minimum atomic E-state index is 0.0264. The number of pyridine rings is 1. The van der Waals surface area contributed by atoms with Crippen molar-refractivity contribution < 1.29 is 4.79 Å². The van der Waals surface area contributed by atoms with Gasteiger partial charge in [-0.2, -0.15) is 0 Å². The largest absolute Gasteiger partial charge is 0.384 e. The lowest BCUT2D eigenvalue weighted by Crippen LogP contribution is -2.28. The molecule has 0 unspecified atom stereocenters. The molecule has 1 aromatic heterocycles. The van der Waals surface area contributed by atoms with Gasteiger partial charge in [0.05, 0.1) is 11.3 Å². The van der Waals surface area contributed by atoms with Crippen LogP contribution in [0.15, 0.2) is 18.5 Å². The fourth-order valence-electron chi connectivity index (χ4n) is 1.62. The van der Waals surface area contributed by atoms with Crippen molar-refractivity contribution in [1.29, 1.82) is 0 Å². The molecular weight excluding hydrogens is 214 g/mol. The maximum Gasteiger partial charge on any atom is 0.257 e. The monoisotopic (exact) mass is 235 g/mol. The quantitative estimate of drug-likeness (QED) is 0.823. The van der Waals surface area contributed by atoms with Crippen molar-refractivity contribution in [2.75, 3.05) is 25.5 Å². The van der Waals surface area contributed by atoms with E-state index < -0.39 is 0 Å². The van der Waals surface area contributed by atoms with Gasteiger partial charge in [0.2, 0.25) is 0 Å². The molecular formula is C13H21N3O. The van der Waals surface area contributed by atoms with Gasteiger partial charge in [-0.15, -0.1) is 0 Å². The molecule has 0 aliphatic rings. The average Bonchev–Trinajstić information content (AvgIpc) is 2.36. The van der Waals surface area contributed by atoms with Gasteiger partial charge >= 0.3 is 0 Å². The van der Waals surface area contributed by atoms with Crippen LogP contribution in [-0.4, -0.2) is 35.9 Å². The molecule has 0 fully saturated rings. The van der Waals surface area contributed by atoms with Crippen LogP contribution in [0.5, 0.6) is 0 Å². The van der Waals surface area contributed by atoms with Crippen LogP contribution in [0.2, 0.25) is 0 Å². The molecule has 0 aromatic carbocycles. The Balaban J connectivity index is 2.84. The molecule has 0 radical (unpaired) electrons. The second-order valence-electron chi connectivity index (χ2n) is 4.07. The molecule has 0 aliphatic heterocycles. The summed E-state index contributed by atoms with van der Waals surface area (Å²) in [5.74, 6) is 0.0264. The van der Waals surface area contributed by atoms with Gasteiger partial charge < -0.3 is 10.2 Å². The maximum atomic E-state index is 12.2. The summed E-state index contributed by atoms with van der Waals surface area (Å²) in [7, 11) is 1.82. The highest BCUT2D eigenvalue weighted by Gasteiger charge is 2.14. The van der Waals surface area contributed by atoms with E-state index in [4.69, 9.17) is 0 Å². The van der Waals surface area contributed by atoms with Crippen LogP contribution < -0.4 is 5.32 Å². The molecule has 4 nitrogen and oxygen atoms in total. The number of nitrogens with zero attached hydrogens (tertiary/aromatic N) is 2. The van der Waals surface area contributed by atoms with Gasteiger partial charge in [-0.05, 0) is 18.9 Å². The highest BCUT2D eigenvalue weighted by atomic mass is 16.2. The Kier molecular flexibility index (Phi) is 5.46. The predicted octanol–water partition coefficient (Wildman–Crippen LogP) is 2.39. The second kappa shape index (κ2) is 6.89. The van der Waals surface area contributed by atoms with E-state index in [1.165, 1.54) is 0 Å². The fourth-order valence-corrected chi connectivity index (χ4v) is 1.62. The summed E-state index contributed by atoms with van der Waals surface area (Å²) in [6.07, 6.45) is 5.32. The van der Waals surface area contributed by atoms with Crippen LogP contribution in [0, 0.1) is 0 Å². The molecule has 94 valence electrons. The Hall–Kier alpha value is -1.58. The molecule has 0 bridgehead atoms. The van der Waals surface area contributed by atoms with Gasteiger partial charge in [-0.1, -0.05) is 13.8 Å². The van der Waals surface area contributed by atoms with E-state index in [0.29, 0.717) is 5.56 Å². The molecule has 17 heavy (non-hydrogen) atoms. The number of hydrogen-bond donors (Lipinski definition) is 1. The van der Waals surface area contributed by atoms with Crippen LogP contribution >= 0.6 is 0 Å². The third-order valence-electron chi connectivity index (χ3n) is 2.52. The number of nitrogens with one attached hydrogen (secondary N) is 1. The van der Waals surface area contributed by atoms with Crippen LogP contribution in [-0.2, 0) is 0 Å². The Bertz CT molecular complexity index is 365. The summed E-state index contributed by atoms with van der Waals surface area (Å²) in [5.41, 5.74) is 1.52. The van der Waals surface area contributed by atoms with Gasteiger partial charge in [0, 0.05) is 32.5 Å². The summed E-state index contributed by atoms with van der Waals surface area (Å²) >= 11 is 0. The van der Waals surface area contributed by atoms with E-state index in [9.17, 15) is 4.79 Å². The van der Waals surface area contributed by atoms with Gasteiger partial charge in [0.1, 0.15) is 0 Å². The minimum absolute atomic E-state index is 0.0264. The van der Waals surface area contributed by atoms with Crippen molar-refractivity contribution in [3.63, 3.8) is 0 Å². The minimum Gasteiger partial charge on any atom is -0.384 e. The first-order valence-electron chi connectivity index (χ1n) is 6.14. The van der Waals surface area contributed by atoms with Gasteiger partial charge in [-0.25, -0.2) is 0 Å². The SMILES string of the molecule is CCCNc1ccncc1C(=O)N(C)CCC. The molecule has 0 saturated heterocycles. The van der Waals surface area contributed by atoms with E-state index in [0.717, 1.165) is 31.6 Å². The topological polar surface area (TPSA) is 45.2 Å². The molecule has 0 spiro atoms. The normalized spacial score (nSPS) is 10.1. The Labute approximate surface area is 103 Å². The second-order valence-corrected chi connectivity index (χ2v) is 4.07. The molecule has 0 atom stereocenters. The maximum absolute atomic E-state index is 12.2. The molecule has 4 heteroatoms. The summed E-state index contributed by atoms with van der Waals surface area (Å²) in [5, 5.41) is 3.25. The van der Waals surface area contributed by atoms with E-state index >= 15 is 0 Å². The third kappa shape index (κ3) is 3.73. The van der Waals surface area contributed by atoms with Crippen LogP contribution in [0.25, 0.3) is 0 Å². The Morgan fingerprint density at radius 3 is 2.82 bits per heavy atom. The summed E-state index contributed by atoms with van der Waals surface area (Å²) in [6, 6.07) is 1.85. The molecule has 0 aliphatic carbocycles. The van der Waals surface area contributed by atoms with Crippen LogP contribution in [0.4, 0.5) is 5.69 Å². The standard InChI is InChI=1S/C13H21N3O/c1-4-7-15-12-6-8-14-10-11(12)13(17)16(3)9-5-2/h6,8,10H,4-5,7,9H2,1-3H3,(H,14,15). The highest BCUT2D eigenvalue weighted by molar-refractivity contribution is 5.99. The lowest BCUT2D eigenvalue weighted by atomic mass is 10.2. The first kappa shape index (κ1) is 13.5. The van der Waals surface area contributed by atoms with E-state index in [-0.39, 0.29) is 5.91 Å². The van der Waals surface area contributed by atoms with Crippen molar-refractivity contribution >= 4 is 11.6 Å². The lowest BCUT2D eigenvalue weighted by molar-refractivity contribution is 0.0795. The molecule has 1 amide bonds. The number of carbonyl (C=O) groups excluding carboxylic acids is 1. The third-order valence-corrected chi connectivity index (χ3v) is 2.52. The number of amides is 1. The summed E-state index contributed by atoms with van der Waals surface area (Å²) in [4.78, 5) is 17.9. The first-order chi connectivity index (χ1) is 8.20. The van der Waals surface area contributed by atoms with Crippen molar-refractivity contribution in [3.8, 4) is 0 Å². The predicted molar refractivity (Wildman–Crippen MR) is 70.3 cm³/mol. The molecule has 1 heterocycles. The van der Waals surface area contributed by atoms with Crippen LogP contribution in [0.1, 0.15) is 37.0 Å². The molecule has 1 N–H and O–H groups in total. The average molecular weight is 235 g/mol. The lowest BCUT2D eigenvalue weighted by Gasteiger charge is -2.18. The highest BCUT2D eigenvalue weighted by Crippen LogP contribution is 2.15. The number of anilines is 1. The van der Waals surface area contributed by atoms with E-state index in [1.807, 2.05) is 13.1 Å². The Morgan fingerprint density at radius 1 is 1.41 bits per heavy atom. The van der Waals surface area contributed by atoms with Crippen LogP contribution in [0.3, 0.4) is 0 Å². The van der Waals surface area contributed by atoms with Gasteiger partial charge in [-0.3, -0.25) is 9.78 Å². The fraction of sp³-hybridized carbons (Fsp3) is 0.538. The number of carbonyl (C=O) groups is 1. The van der Waals surface area contributed by atoms with E-state index in [2.05, 4.69) is 24.1 Å². The number of rotatable bonds is 6. The van der Waals surface area contributed by atoms with Crippen molar-refractivity contribution in [2.45, 2.75) is 26.7 Å².